The van der Waals surface area contributed by atoms with Crippen molar-refractivity contribution in [2.45, 2.75) is 25.6 Å². The van der Waals surface area contributed by atoms with Gasteiger partial charge in [-0.1, -0.05) is 24.3 Å². The van der Waals surface area contributed by atoms with Gasteiger partial charge in [0.15, 0.2) is 0 Å². The number of nitrogens with two attached hydrogens (primary N) is 1. The second kappa shape index (κ2) is 9.36. The van der Waals surface area contributed by atoms with E-state index in [0.717, 1.165) is 36.2 Å². The van der Waals surface area contributed by atoms with Gasteiger partial charge in [0.25, 0.3) is 0 Å². The summed E-state index contributed by atoms with van der Waals surface area (Å²) in [4.78, 5) is 0. The van der Waals surface area contributed by atoms with Crippen molar-refractivity contribution in [3.05, 3.63) is 71.4 Å². The molecule has 0 aromatic heterocycles. The molecule has 0 amide bonds. The number of halogens is 1. The highest BCUT2D eigenvalue weighted by atomic mass is 19.1. The molecule has 0 bridgehead atoms. The molecule has 0 saturated carbocycles. The van der Waals surface area contributed by atoms with Crippen LogP contribution >= 0.6 is 0 Å². The SMILES string of the molecule is CC(O/C=C\N)c1c(CC2CNCCO2)cccc1-c1ccc(C#N)c(F)c1. The third-order valence-electron chi connectivity index (χ3n) is 4.82. The van der Waals surface area contributed by atoms with Crippen LogP contribution in [0.2, 0.25) is 0 Å². The van der Waals surface area contributed by atoms with Gasteiger partial charge in [0, 0.05) is 31.3 Å². The minimum atomic E-state index is -0.536. The molecule has 2 unspecified atom stereocenters. The topological polar surface area (TPSA) is 80.3 Å². The number of benzene rings is 2. The monoisotopic (exact) mass is 381 g/mol. The number of nitriles is 1. The molecule has 2 atom stereocenters. The van der Waals surface area contributed by atoms with Gasteiger partial charge in [-0.25, -0.2) is 4.39 Å². The molecule has 3 N–H and O–H groups in total. The van der Waals surface area contributed by atoms with Crippen molar-refractivity contribution in [1.29, 1.82) is 5.26 Å². The smallest absolute Gasteiger partial charge is 0.141 e. The largest absolute Gasteiger partial charge is 0.492 e. The van der Waals surface area contributed by atoms with Crippen molar-refractivity contribution in [3.8, 4) is 17.2 Å². The van der Waals surface area contributed by atoms with Crippen LogP contribution in [0.3, 0.4) is 0 Å². The van der Waals surface area contributed by atoms with E-state index in [9.17, 15) is 4.39 Å². The van der Waals surface area contributed by atoms with Gasteiger partial charge in [0.1, 0.15) is 18.0 Å². The summed E-state index contributed by atoms with van der Waals surface area (Å²) < 4.78 is 25.8. The zero-order chi connectivity index (χ0) is 19.9. The lowest BCUT2D eigenvalue weighted by molar-refractivity contribution is 0.0288. The third kappa shape index (κ3) is 4.50. The first kappa shape index (κ1) is 19.9. The van der Waals surface area contributed by atoms with Gasteiger partial charge >= 0.3 is 0 Å². The van der Waals surface area contributed by atoms with E-state index in [-0.39, 0.29) is 17.8 Å². The Hall–Kier alpha value is -2.88. The maximum Gasteiger partial charge on any atom is 0.141 e. The number of rotatable bonds is 6. The normalized spacial score (nSPS) is 18.0. The molecule has 28 heavy (non-hydrogen) atoms. The lowest BCUT2D eigenvalue weighted by atomic mass is 9.89. The third-order valence-corrected chi connectivity index (χ3v) is 4.82. The summed E-state index contributed by atoms with van der Waals surface area (Å²) in [6, 6.07) is 12.4. The highest BCUT2D eigenvalue weighted by molar-refractivity contribution is 5.70. The Morgan fingerprint density at radius 1 is 1.43 bits per heavy atom. The molecule has 6 heteroatoms. The van der Waals surface area contributed by atoms with Crippen LogP contribution < -0.4 is 11.1 Å². The van der Waals surface area contributed by atoms with Crippen LogP contribution in [0.5, 0.6) is 0 Å². The Morgan fingerprint density at radius 2 is 2.29 bits per heavy atom. The van der Waals surface area contributed by atoms with E-state index in [4.69, 9.17) is 20.5 Å². The fourth-order valence-corrected chi connectivity index (χ4v) is 3.52. The number of nitrogens with one attached hydrogen (secondary N) is 1. The number of nitrogens with zero attached hydrogens (tertiary/aromatic N) is 1. The summed E-state index contributed by atoms with van der Waals surface area (Å²) in [6.45, 7) is 4.26. The van der Waals surface area contributed by atoms with Crippen molar-refractivity contribution in [1.82, 2.24) is 5.32 Å². The summed E-state index contributed by atoms with van der Waals surface area (Å²) in [5, 5.41) is 12.3. The number of hydrogen-bond donors (Lipinski definition) is 2. The van der Waals surface area contributed by atoms with Gasteiger partial charge in [0.2, 0.25) is 0 Å². The average Bonchev–Trinajstić information content (AvgIpc) is 2.72. The summed E-state index contributed by atoms with van der Waals surface area (Å²) >= 11 is 0. The van der Waals surface area contributed by atoms with Crippen molar-refractivity contribution >= 4 is 0 Å². The molecule has 1 saturated heterocycles. The Balaban J connectivity index is 2.04. The minimum Gasteiger partial charge on any atom is -0.492 e. The van der Waals surface area contributed by atoms with Crippen LogP contribution in [-0.2, 0) is 15.9 Å². The molecule has 146 valence electrons. The summed E-state index contributed by atoms with van der Waals surface area (Å²) in [5.41, 5.74) is 9.05. The molecule has 2 aromatic rings. The van der Waals surface area contributed by atoms with Gasteiger partial charge in [0.05, 0.1) is 24.5 Å². The van der Waals surface area contributed by atoms with Gasteiger partial charge in [-0.2, -0.15) is 5.26 Å². The highest BCUT2D eigenvalue weighted by Gasteiger charge is 2.22. The van der Waals surface area contributed by atoms with Crippen molar-refractivity contribution in [3.63, 3.8) is 0 Å². The van der Waals surface area contributed by atoms with E-state index in [1.807, 2.05) is 31.2 Å². The van der Waals surface area contributed by atoms with Gasteiger partial charge < -0.3 is 20.5 Å². The fraction of sp³-hybridized carbons (Fsp3) is 0.318. The second-order valence-corrected chi connectivity index (χ2v) is 6.69. The molecule has 0 radical (unpaired) electrons. The first-order valence-corrected chi connectivity index (χ1v) is 9.30. The van der Waals surface area contributed by atoms with Gasteiger partial charge in [-0.3, -0.25) is 0 Å². The van der Waals surface area contributed by atoms with Crippen LogP contribution in [0.15, 0.2) is 48.9 Å². The summed E-state index contributed by atoms with van der Waals surface area (Å²) in [6.07, 6.45) is 3.28. The van der Waals surface area contributed by atoms with E-state index in [2.05, 4.69) is 5.32 Å². The molecular weight excluding hydrogens is 357 g/mol. The van der Waals surface area contributed by atoms with Crippen molar-refractivity contribution < 1.29 is 13.9 Å². The molecule has 2 aromatic carbocycles. The Kier molecular flexibility index (Phi) is 6.64. The van der Waals surface area contributed by atoms with E-state index in [1.54, 1.807) is 6.07 Å². The molecule has 5 nitrogen and oxygen atoms in total. The van der Waals surface area contributed by atoms with Crippen molar-refractivity contribution in [2.75, 3.05) is 19.7 Å². The van der Waals surface area contributed by atoms with Crippen LogP contribution in [0.25, 0.3) is 11.1 Å². The van der Waals surface area contributed by atoms with E-state index >= 15 is 0 Å². The van der Waals surface area contributed by atoms with E-state index in [1.165, 1.54) is 24.6 Å². The first-order chi connectivity index (χ1) is 13.6. The average molecular weight is 381 g/mol. The maximum atomic E-state index is 14.2. The van der Waals surface area contributed by atoms with Crippen LogP contribution in [0.1, 0.15) is 29.7 Å². The number of hydrogen-bond acceptors (Lipinski definition) is 5. The van der Waals surface area contributed by atoms with Crippen LogP contribution in [0, 0.1) is 17.1 Å². The van der Waals surface area contributed by atoms with E-state index < -0.39 is 5.82 Å². The van der Waals surface area contributed by atoms with Crippen molar-refractivity contribution in [2.24, 2.45) is 5.73 Å². The second-order valence-electron chi connectivity index (χ2n) is 6.69. The quantitative estimate of drug-likeness (QED) is 0.750. The van der Waals surface area contributed by atoms with Crippen LogP contribution in [0.4, 0.5) is 4.39 Å². The molecule has 1 heterocycles. The Bertz CT molecular complexity index is 886. The van der Waals surface area contributed by atoms with E-state index in [0.29, 0.717) is 12.2 Å². The standard InChI is InChI=1S/C22H24FN3O2/c1-15(27-9-7-24)22-17(11-19-14-26-8-10-28-19)3-2-4-20(22)16-5-6-18(13-25)21(23)12-16/h2-7,9,12,15,19,26H,8,10-11,14,24H2,1H3/b9-7-. The highest BCUT2D eigenvalue weighted by Crippen LogP contribution is 2.34. The Labute approximate surface area is 164 Å². The predicted molar refractivity (Wildman–Crippen MR) is 106 cm³/mol. The van der Waals surface area contributed by atoms with Crippen LogP contribution in [-0.4, -0.2) is 25.8 Å². The molecule has 1 aliphatic rings. The first-order valence-electron chi connectivity index (χ1n) is 9.30. The maximum absolute atomic E-state index is 14.2. The zero-order valence-corrected chi connectivity index (χ0v) is 15.8. The fourth-order valence-electron chi connectivity index (χ4n) is 3.52. The minimum absolute atomic E-state index is 0.0264. The van der Waals surface area contributed by atoms with Gasteiger partial charge in [-0.05, 0) is 35.7 Å². The molecule has 1 fully saturated rings. The lowest BCUT2D eigenvalue weighted by Crippen LogP contribution is -2.39. The molecule has 3 rings (SSSR count). The number of morpholine rings is 1. The predicted octanol–water partition coefficient (Wildman–Crippen LogP) is 3.40. The summed E-state index contributed by atoms with van der Waals surface area (Å²) in [7, 11) is 0. The lowest BCUT2D eigenvalue weighted by Gasteiger charge is -2.26. The number of ether oxygens (including phenoxy) is 2. The summed E-state index contributed by atoms with van der Waals surface area (Å²) in [5.74, 6) is -0.536. The Morgan fingerprint density at radius 3 is 2.96 bits per heavy atom. The zero-order valence-electron chi connectivity index (χ0n) is 15.8. The molecule has 1 aliphatic heterocycles. The molecular formula is C22H24FN3O2. The van der Waals surface area contributed by atoms with Gasteiger partial charge in [-0.15, -0.1) is 0 Å². The molecule has 0 spiro atoms. The molecule has 0 aliphatic carbocycles.